The molecule has 1 aromatic rings. The van der Waals surface area contributed by atoms with Crippen LogP contribution >= 0.6 is 0 Å². The van der Waals surface area contributed by atoms with E-state index in [9.17, 15) is 4.79 Å². The second kappa shape index (κ2) is 10.1. The van der Waals surface area contributed by atoms with Crippen molar-refractivity contribution in [2.75, 3.05) is 40.3 Å². The normalized spacial score (nSPS) is 17.9. The molecule has 1 amide bonds. The summed E-state index contributed by atoms with van der Waals surface area (Å²) >= 11 is 0. The average molecular weight is 343 g/mol. The number of nitrogens with zero attached hydrogens (tertiary/aromatic N) is 2. The van der Waals surface area contributed by atoms with Gasteiger partial charge in [0, 0.05) is 13.1 Å². The molecule has 1 saturated heterocycles. The fourth-order valence-electron chi connectivity index (χ4n) is 2.99. The van der Waals surface area contributed by atoms with Gasteiger partial charge in [0.15, 0.2) is 0 Å². The molecule has 136 valence electrons. The third-order valence-corrected chi connectivity index (χ3v) is 4.38. The molecule has 0 aromatic heterocycles. The van der Waals surface area contributed by atoms with Gasteiger partial charge in [0.1, 0.15) is 12.4 Å². The van der Waals surface area contributed by atoms with Crippen LogP contribution in [0.15, 0.2) is 24.3 Å². The molecular formula is C20H29N3O2. The number of piperidine rings is 1. The summed E-state index contributed by atoms with van der Waals surface area (Å²) in [7, 11) is 4.04. The lowest BCUT2D eigenvalue weighted by atomic mass is 10.0. The van der Waals surface area contributed by atoms with Gasteiger partial charge in [0.05, 0.1) is 12.6 Å². The van der Waals surface area contributed by atoms with Crippen molar-refractivity contribution < 1.29 is 9.53 Å². The number of benzene rings is 1. The minimum absolute atomic E-state index is 0.0638. The summed E-state index contributed by atoms with van der Waals surface area (Å²) in [6, 6.07) is 7.77. The minimum Gasteiger partial charge on any atom is -0.492 e. The van der Waals surface area contributed by atoms with Crippen LogP contribution in [0.2, 0.25) is 0 Å². The van der Waals surface area contributed by atoms with Crippen molar-refractivity contribution in [3.05, 3.63) is 29.8 Å². The first-order chi connectivity index (χ1) is 12.1. The SMILES string of the molecule is C#CCN1CCCC[C@H]1C(=O)NCc1cccc(OCCN(C)C)c1. The van der Waals surface area contributed by atoms with Crippen LogP contribution in [-0.2, 0) is 11.3 Å². The summed E-state index contributed by atoms with van der Waals surface area (Å²) in [4.78, 5) is 16.7. The lowest BCUT2D eigenvalue weighted by Crippen LogP contribution is -2.49. The number of ether oxygens (including phenoxy) is 1. The second-order valence-corrected chi connectivity index (χ2v) is 6.70. The van der Waals surface area contributed by atoms with E-state index in [1.807, 2.05) is 38.4 Å². The Bertz CT molecular complexity index is 595. The van der Waals surface area contributed by atoms with Gasteiger partial charge in [0.25, 0.3) is 0 Å². The smallest absolute Gasteiger partial charge is 0.237 e. The Kier molecular flexibility index (Phi) is 7.77. The van der Waals surface area contributed by atoms with E-state index in [0.717, 1.165) is 43.7 Å². The predicted octanol–water partition coefficient (Wildman–Crippen LogP) is 1.73. The zero-order chi connectivity index (χ0) is 18.1. The van der Waals surface area contributed by atoms with Gasteiger partial charge in [0.2, 0.25) is 5.91 Å². The maximum atomic E-state index is 12.5. The van der Waals surface area contributed by atoms with Gasteiger partial charge in [-0.2, -0.15) is 0 Å². The Morgan fingerprint density at radius 3 is 3.04 bits per heavy atom. The Balaban J connectivity index is 1.85. The first-order valence-electron chi connectivity index (χ1n) is 8.92. The van der Waals surface area contributed by atoms with Crippen molar-refractivity contribution in [3.8, 4) is 18.1 Å². The van der Waals surface area contributed by atoms with Crippen LogP contribution in [0.5, 0.6) is 5.75 Å². The van der Waals surface area contributed by atoms with Crippen LogP contribution in [0.3, 0.4) is 0 Å². The predicted molar refractivity (Wildman–Crippen MR) is 100 cm³/mol. The molecule has 5 heteroatoms. The Hall–Kier alpha value is -2.03. The summed E-state index contributed by atoms with van der Waals surface area (Å²) in [6.07, 6.45) is 8.48. The summed E-state index contributed by atoms with van der Waals surface area (Å²) in [5, 5.41) is 3.05. The lowest BCUT2D eigenvalue weighted by Gasteiger charge is -2.33. The Morgan fingerprint density at radius 2 is 2.28 bits per heavy atom. The highest BCUT2D eigenvalue weighted by atomic mass is 16.5. The number of rotatable bonds is 8. The van der Waals surface area contributed by atoms with Crippen LogP contribution in [-0.4, -0.2) is 62.1 Å². The molecule has 1 aliphatic rings. The van der Waals surface area contributed by atoms with Gasteiger partial charge in [-0.1, -0.05) is 24.5 Å². The summed E-state index contributed by atoms with van der Waals surface area (Å²) in [5.74, 6) is 3.55. The van der Waals surface area contributed by atoms with E-state index in [2.05, 4.69) is 21.0 Å². The van der Waals surface area contributed by atoms with Crippen LogP contribution in [0.25, 0.3) is 0 Å². The number of amides is 1. The summed E-state index contributed by atoms with van der Waals surface area (Å²) < 4.78 is 5.74. The molecule has 0 spiro atoms. The molecule has 1 aliphatic heterocycles. The first-order valence-corrected chi connectivity index (χ1v) is 8.92. The third kappa shape index (κ3) is 6.41. The molecule has 1 fully saturated rings. The van der Waals surface area contributed by atoms with Crippen molar-refractivity contribution in [1.82, 2.24) is 15.1 Å². The number of hydrogen-bond acceptors (Lipinski definition) is 4. The van der Waals surface area contributed by atoms with Gasteiger partial charge in [-0.25, -0.2) is 0 Å². The molecule has 25 heavy (non-hydrogen) atoms. The molecule has 1 N–H and O–H groups in total. The van der Waals surface area contributed by atoms with E-state index in [-0.39, 0.29) is 11.9 Å². The standard InChI is InChI=1S/C20H29N3O2/c1-4-11-23-12-6-5-10-19(23)20(24)21-16-17-8-7-9-18(15-17)25-14-13-22(2)3/h1,7-9,15,19H,5-6,10-14,16H2,2-3H3,(H,21,24)/t19-/m0/s1. The van der Waals surface area contributed by atoms with E-state index >= 15 is 0 Å². The maximum absolute atomic E-state index is 12.5. The van der Waals surface area contributed by atoms with Gasteiger partial charge >= 0.3 is 0 Å². The largest absolute Gasteiger partial charge is 0.492 e. The zero-order valence-electron chi connectivity index (χ0n) is 15.3. The molecule has 0 aliphatic carbocycles. The van der Waals surface area contributed by atoms with E-state index < -0.39 is 0 Å². The maximum Gasteiger partial charge on any atom is 0.237 e. The number of hydrogen-bond donors (Lipinski definition) is 1. The molecule has 2 rings (SSSR count). The van der Waals surface area contributed by atoms with Crippen molar-refractivity contribution in [2.45, 2.75) is 31.8 Å². The molecule has 5 nitrogen and oxygen atoms in total. The van der Waals surface area contributed by atoms with Crippen LogP contribution in [0.1, 0.15) is 24.8 Å². The number of terminal acetylenes is 1. The number of likely N-dealkylation sites (tertiary alicyclic amines) is 1. The fraction of sp³-hybridized carbons (Fsp3) is 0.550. The van der Waals surface area contributed by atoms with Gasteiger partial charge in [-0.3, -0.25) is 9.69 Å². The lowest BCUT2D eigenvalue weighted by molar-refractivity contribution is -0.127. The highest BCUT2D eigenvalue weighted by Gasteiger charge is 2.27. The quantitative estimate of drug-likeness (QED) is 0.730. The second-order valence-electron chi connectivity index (χ2n) is 6.70. The number of likely N-dealkylation sites (N-methyl/N-ethyl adjacent to an activating group) is 1. The van der Waals surface area contributed by atoms with Crippen molar-refractivity contribution >= 4 is 5.91 Å². The van der Waals surface area contributed by atoms with Crippen molar-refractivity contribution in [2.24, 2.45) is 0 Å². The zero-order valence-corrected chi connectivity index (χ0v) is 15.3. The van der Waals surface area contributed by atoms with Crippen molar-refractivity contribution in [1.29, 1.82) is 0 Å². The van der Waals surface area contributed by atoms with Crippen molar-refractivity contribution in [3.63, 3.8) is 0 Å². The monoisotopic (exact) mass is 343 g/mol. The van der Waals surface area contributed by atoms with E-state index in [1.54, 1.807) is 0 Å². The Morgan fingerprint density at radius 1 is 1.44 bits per heavy atom. The molecule has 1 aromatic carbocycles. The fourth-order valence-corrected chi connectivity index (χ4v) is 2.99. The van der Waals surface area contributed by atoms with Gasteiger partial charge < -0.3 is 15.0 Å². The number of nitrogens with one attached hydrogen (secondary N) is 1. The van der Waals surface area contributed by atoms with Crippen LogP contribution in [0.4, 0.5) is 0 Å². The van der Waals surface area contributed by atoms with Crippen LogP contribution < -0.4 is 10.1 Å². The average Bonchev–Trinajstić information content (AvgIpc) is 2.60. The number of carbonyl (C=O) groups excluding carboxylic acids is 1. The van der Waals surface area contributed by atoms with Crippen LogP contribution in [0, 0.1) is 12.3 Å². The van der Waals surface area contributed by atoms with Gasteiger partial charge in [-0.15, -0.1) is 6.42 Å². The summed E-state index contributed by atoms with van der Waals surface area (Å²) in [6.45, 7) is 3.45. The highest BCUT2D eigenvalue weighted by Crippen LogP contribution is 2.17. The minimum atomic E-state index is -0.107. The summed E-state index contributed by atoms with van der Waals surface area (Å²) in [5.41, 5.74) is 1.04. The highest BCUT2D eigenvalue weighted by molar-refractivity contribution is 5.81. The number of carbonyl (C=O) groups is 1. The molecule has 0 unspecified atom stereocenters. The molecule has 0 radical (unpaired) electrons. The van der Waals surface area contributed by atoms with Gasteiger partial charge in [-0.05, 0) is 51.2 Å². The van der Waals surface area contributed by atoms with E-state index in [1.165, 1.54) is 0 Å². The third-order valence-electron chi connectivity index (χ3n) is 4.38. The van der Waals surface area contributed by atoms with E-state index in [4.69, 9.17) is 11.2 Å². The molecule has 0 saturated carbocycles. The molecule has 0 bridgehead atoms. The first kappa shape index (κ1) is 19.3. The Labute approximate surface area is 151 Å². The molecular weight excluding hydrogens is 314 g/mol. The topological polar surface area (TPSA) is 44.8 Å². The van der Waals surface area contributed by atoms with E-state index in [0.29, 0.717) is 19.7 Å². The molecule has 1 atom stereocenters. The molecule has 1 heterocycles.